The highest BCUT2D eigenvalue weighted by Crippen LogP contribution is 2.35. The van der Waals surface area contributed by atoms with Gasteiger partial charge in [-0.2, -0.15) is 0 Å². The van der Waals surface area contributed by atoms with Crippen LogP contribution in [0, 0.1) is 6.92 Å². The molecule has 2 aromatic carbocycles. The van der Waals surface area contributed by atoms with E-state index >= 15 is 0 Å². The predicted molar refractivity (Wildman–Crippen MR) is 137 cm³/mol. The smallest absolute Gasteiger partial charge is 0.253 e. The third-order valence-electron chi connectivity index (χ3n) is 6.18. The van der Waals surface area contributed by atoms with E-state index in [1.807, 2.05) is 55.5 Å². The molecule has 1 aliphatic heterocycles. The first-order valence-electron chi connectivity index (χ1n) is 12.0. The van der Waals surface area contributed by atoms with E-state index in [1.54, 1.807) is 0 Å². The first kappa shape index (κ1) is 22.5. The summed E-state index contributed by atoms with van der Waals surface area (Å²) in [6.07, 6.45) is 3.60. The van der Waals surface area contributed by atoms with E-state index in [0.29, 0.717) is 34.6 Å². The minimum atomic E-state index is 0.390. The Morgan fingerprint density at radius 3 is 2.39 bits per heavy atom. The van der Waals surface area contributed by atoms with E-state index in [4.69, 9.17) is 8.94 Å². The standard InChI is InChI=1S/C26H25N7O2S/c1-18-22(23(31-35-18)19-11-5-2-6-12-19)24-28-27-21(34-24)17-36-26-30-29-25(32-15-9-4-10-16-32)33(26)20-13-7-3-8-14-20/h2-3,5-8,11-14H,4,9-10,15-17H2,1H3. The van der Waals surface area contributed by atoms with E-state index in [-0.39, 0.29) is 0 Å². The second kappa shape index (κ2) is 9.98. The van der Waals surface area contributed by atoms with Crippen LogP contribution in [0.15, 0.2) is 74.8 Å². The minimum absolute atomic E-state index is 0.390. The van der Waals surface area contributed by atoms with Crippen LogP contribution in [0.1, 0.15) is 30.9 Å². The van der Waals surface area contributed by atoms with Crippen LogP contribution in [0.2, 0.25) is 0 Å². The Hall–Kier alpha value is -3.92. The molecule has 0 aliphatic carbocycles. The van der Waals surface area contributed by atoms with Crippen LogP contribution in [0.5, 0.6) is 0 Å². The van der Waals surface area contributed by atoms with E-state index in [9.17, 15) is 0 Å². The number of aromatic nitrogens is 6. The molecule has 0 atom stereocenters. The van der Waals surface area contributed by atoms with Crippen molar-refractivity contribution >= 4 is 17.7 Å². The second-order valence-electron chi connectivity index (χ2n) is 8.62. The summed E-state index contributed by atoms with van der Waals surface area (Å²) in [5, 5.41) is 22.7. The number of piperidine rings is 1. The number of thioether (sulfide) groups is 1. The first-order chi connectivity index (χ1) is 17.8. The van der Waals surface area contributed by atoms with Crippen molar-refractivity contribution in [3.8, 4) is 28.4 Å². The molecule has 0 amide bonds. The van der Waals surface area contributed by atoms with Gasteiger partial charge in [-0.15, -0.1) is 20.4 Å². The van der Waals surface area contributed by atoms with Crippen molar-refractivity contribution in [1.82, 2.24) is 30.1 Å². The largest absolute Gasteiger partial charge is 0.420 e. The maximum Gasteiger partial charge on any atom is 0.253 e. The molecular formula is C26H25N7O2S. The minimum Gasteiger partial charge on any atom is -0.420 e. The first-order valence-corrected chi connectivity index (χ1v) is 13.0. The van der Waals surface area contributed by atoms with Crippen LogP contribution < -0.4 is 4.90 Å². The lowest BCUT2D eigenvalue weighted by molar-refractivity contribution is 0.399. The summed E-state index contributed by atoms with van der Waals surface area (Å²) in [6, 6.07) is 20.0. The van der Waals surface area contributed by atoms with Crippen LogP contribution in [-0.4, -0.2) is 43.2 Å². The Kier molecular flexibility index (Phi) is 6.25. The predicted octanol–water partition coefficient (Wildman–Crippen LogP) is 5.56. The molecule has 10 heteroatoms. The summed E-state index contributed by atoms with van der Waals surface area (Å²) in [5.74, 6) is 2.86. The summed E-state index contributed by atoms with van der Waals surface area (Å²) < 4.78 is 13.6. The highest BCUT2D eigenvalue weighted by atomic mass is 32.2. The Balaban J connectivity index is 1.26. The van der Waals surface area contributed by atoms with E-state index in [0.717, 1.165) is 35.4 Å². The van der Waals surface area contributed by atoms with Crippen LogP contribution in [-0.2, 0) is 5.75 Å². The van der Waals surface area contributed by atoms with Crippen molar-refractivity contribution in [3.05, 3.63) is 72.3 Å². The van der Waals surface area contributed by atoms with Gasteiger partial charge in [0.2, 0.25) is 11.8 Å². The summed E-state index contributed by atoms with van der Waals surface area (Å²) >= 11 is 1.52. The van der Waals surface area contributed by atoms with Crippen LogP contribution in [0.25, 0.3) is 28.4 Å². The fourth-order valence-electron chi connectivity index (χ4n) is 4.41. The number of hydrogen-bond donors (Lipinski definition) is 0. The van der Waals surface area contributed by atoms with E-state index in [2.05, 4.69) is 47.2 Å². The van der Waals surface area contributed by atoms with E-state index < -0.39 is 0 Å². The van der Waals surface area contributed by atoms with Crippen molar-refractivity contribution in [1.29, 1.82) is 0 Å². The second-order valence-corrected chi connectivity index (χ2v) is 9.56. The number of benzene rings is 2. The molecule has 6 rings (SSSR count). The van der Waals surface area contributed by atoms with Gasteiger partial charge in [0.05, 0.1) is 11.4 Å². The number of para-hydroxylation sites is 1. The number of nitrogens with zero attached hydrogens (tertiary/aromatic N) is 7. The third kappa shape index (κ3) is 4.39. The van der Waals surface area contributed by atoms with Gasteiger partial charge < -0.3 is 13.8 Å². The molecule has 0 unspecified atom stereocenters. The van der Waals surface area contributed by atoms with Crippen LogP contribution in [0.4, 0.5) is 5.95 Å². The molecule has 1 aliphatic rings. The van der Waals surface area contributed by atoms with Gasteiger partial charge >= 0.3 is 0 Å². The fourth-order valence-corrected chi connectivity index (χ4v) is 5.20. The highest BCUT2D eigenvalue weighted by Gasteiger charge is 2.24. The molecule has 3 aromatic heterocycles. The van der Waals surface area contributed by atoms with Gasteiger partial charge in [0.15, 0.2) is 5.16 Å². The van der Waals surface area contributed by atoms with Crippen molar-refractivity contribution in [2.75, 3.05) is 18.0 Å². The van der Waals surface area contributed by atoms with Gasteiger partial charge in [-0.3, -0.25) is 4.57 Å². The van der Waals surface area contributed by atoms with Crippen molar-refractivity contribution < 1.29 is 8.94 Å². The molecule has 36 heavy (non-hydrogen) atoms. The zero-order valence-corrected chi connectivity index (χ0v) is 20.7. The third-order valence-corrected chi connectivity index (χ3v) is 7.10. The molecule has 0 N–H and O–H groups in total. The lowest BCUT2D eigenvalue weighted by Crippen LogP contribution is -2.31. The maximum absolute atomic E-state index is 6.05. The monoisotopic (exact) mass is 499 g/mol. The SMILES string of the molecule is Cc1onc(-c2ccccc2)c1-c1nnc(CSc2nnc(N3CCCCC3)n2-c2ccccc2)o1. The van der Waals surface area contributed by atoms with Crippen molar-refractivity contribution in [2.24, 2.45) is 0 Å². The topological polar surface area (TPSA) is 98.9 Å². The normalized spacial score (nSPS) is 13.9. The quantitative estimate of drug-likeness (QED) is 0.266. The Morgan fingerprint density at radius 1 is 0.861 bits per heavy atom. The van der Waals surface area contributed by atoms with Crippen molar-refractivity contribution in [3.63, 3.8) is 0 Å². The van der Waals surface area contributed by atoms with Gasteiger partial charge in [0, 0.05) is 18.7 Å². The van der Waals surface area contributed by atoms with Gasteiger partial charge in [-0.05, 0) is 38.3 Å². The fraction of sp³-hybridized carbons (Fsp3) is 0.269. The Labute approximate surface area is 212 Å². The Bertz CT molecular complexity index is 1440. The van der Waals surface area contributed by atoms with Gasteiger partial charge in [-0.1, -0.05) is 65.4 Å². The van der Waals surface area contributed by atoms with Crippen LogP contribution >= 0.6 is 11.8 Å². The van der Waals surface area contributed by atoms with Crippen LogP contribution in [0.3, 0.4) is 0 Å². The van der Waals surface area contributed by atoms with Gasteiger partial charge in [0.25, 0.3) is 5.89 Å². The molecule has 0 bridgehead atoms. The molecule has 5 aromatic rings. The van der Waals surface area contributed by atoms with E-state index in [1.165, 1.54) is 31.0 Å². The molecule has 182 valence electrons. The molecule has 0 spiro atoms. The highest BCUT2D eigenvalue weighted by molar-refractivity contribution is 7.98. The molecule has 9 nitrogen and oxygen atoms in total. The Morgan fingerprint density at radius 2 is 1.61 bits per heavy atom. The van der Waals surface area contributed by atoms with Gasteiger partial charge in [0.1, 0.15) is 17.0 Å². The molecule has 0 radical (unpaired) electrons. The lowest BCUT2D eigenvalue weighted by atomic mass is 10.1. The lowest BCUT2D eigenvalue weighted by Gasteiger charge is -2.27. The summed E-state index contributed by atoms with van der Waals surface area (Å²) in [6.45, 7) is 3.83. The number of aryl methyl sites for hydroxylation is 1. The molecule has 0 saturated carbocycles. The molecule has 4 heterocycles. The average Bonchev–Trinajstić information content (AvgIpc) is 3.67. The number of anilines is 1. The van der Waals surface area contributed by atoms with Crippen molar-refractivity contribution in [2.45, 2.75) is 37.1 Å². The maximum atomic E-state index is 6.05. The molecule has 1 saturated heterocycles. The number of rotatable bonds is 7. The molecule has 1 fully saturated rings. The zero-order chi connectivity index (χ0) is 24.3. The summed E-state index contributed by atoms with van der Waals surface area (Å²) in [4.78, 5) is 2.32. The average molecular weight is 500 g/mol. The summed E-state index contributed by atoms with van der Waals surface area (Å²) in [7, 11) is 0. The van der Waals surface area contributed by atoms with Gasteiger partial charge in [-0.25, -0.2) is 0 Å². The number of hydrogen-bond acceptors (Lipinski definition) is 9. The zero-order valence-electron chi connectivity index (χ0n) is 19.9. The summed E-state index contributed by atoms with van der Waals surface area (Å²) in [5.41, 5.74) is 3.36. The molecular weight excluding hydrogens is 474 g/mol.